The van der Waals surface area contributed by atoms with E-state index in [-0.39, 0.29) is 0 Å². The maximum atomic E-state index is 4.96. The van der Waals surface area contributed by atoms with Gasteiger partial charge in [0.15, 0.2) is 0 Å². The van der Waals surface area contributed by atoms with Gasteiger partial charge in [0.2, 0.25) is 0 Å². The SMILES string of the molecule is C#CCCCOP. The summed E-state index contributed by atoms with van der Waals surface area (Å²) in [6, 6.07) is 0. The van der Waals surface area contributed by atoms with E-state index in [4.69, 9.17) is 6.42 Å². The Kier molecular flexibility index (Phi) is 5.91. The predicted molar refractivity (Wildman–Crippen MR) is 33.7 cm³/mol. The maximum Gasteiger partial charge on any atom is 0.0511 e. The van der Waals surface area contributed by atoms with Gasteiger partial charge in [-0.1, -0.05) is 0 Å². The van der Waals surface area contributed by atoms with E-state index in [9.17, 15) is 0 Å². The summed E-state index contributed by atoms with van der Waals surface area (Å²) < 4.78 is 4.66. The Morgan fingerprint density at radius 3 is 2.86 bits per heavy atom. The van der Waals surface area contributed by atoms with Crippen molar-refractivity contribution in [1.82, 2.24) is 0 Å². The smallest absolute Gasteiger partial charge is 0.0511 e. The fraction of sp³-hybridized carbons (Fsp3) is 0.600. The van der Waals surface area contributed by atoms with Crippen molar-refractivity contribution in [1.29, 1.82) is 0 Å². The summed E-state index contributed by atoms with van der Waals surface area (Å²) in [5.74, 6) is 2.51. The van der Waals surface area contributed by atoms with Crippen LogP contribution in [0.5, 0.6) is 0 Å². The molecule has 1 atom stereocenters. The lowest BCUT2D eigenvalue weighted by molar-refractivity contribution is 0.365. The zero-order chi connectivity index (χ0) is 5.54. The Balaban J connectivity index is 2.60. The fourth-order valence-electron chi connectivity index (χ4n) is 0.258. The Hall–Kier alpha value is -0.0500. The Labute approximate surface area is 46.7 Å². The van der Waals surface area contributed by atoms with Gasteiger partial charge < -0.3 is 4.52 Å². The third-order valence-electron chi connectivity index (χ3n) is 0.583. The van der Waals surface area contributed by atoms with Crippen molar-refractivity contribution in [2.45, 2.75) is 12.8 Å². The summed E-state index contributed by atoms with van der Waals surface area (Å²) in [6.45, 7) is 0.745. The van der Waals surface area contributed by atoms with Gasteiger partial charge in [-0.3, -0.25) is 0 Å². The molecule has 0 amide bonds. The van der Waals surface area contributed by atoms with E-state index < -0.39 is 0 Å². The normalized spacial score (nSPS) is 8.00. The average molecular weight is 116 g/mol. The summed E-state index contributed by atoms with van der Waals surface area (Å²) in [4.78, 5) is 0. The molecule has 0 aliphatic rings. The van der Waals surface area contributed by atoms with Gasteiger partial charge in [-0.05, 0) is 6.42 Å². The van der Waals surface area contributed by atoms with E-state index in [1.54, 1.807) is 0 Å². The molecular weight excluding hydrogens is 107 g/mol. The molecule has 0 spiro atoms. The van der Waals surface area contributed by atoms with Crippen LogP contribution < -0.4 is 0 Å². The Morgan fingerprint density at radius 2 is 2.43 bits per heavy atom. The van der Waals surface area contributed by atoms with Crippen molar-refractivity contribution < 1.29 is 4.52 Å². The first-order chi connectivity index (χ1) is 3.41. The molecule has 0 aromatic carbocycles. The van der Waals surface area contributed by atoms with Crippen molar-refractivity contribution in [2.24, 2.45) is 0 Å². The van der Waals surface area contributed by atoms with Crippen molar-refractivity contribution in [3.63, 3.8) is 0 Å². The first-order valence-corrected chi connectivity index (χ1v) is 2.64. The van der Waals surface area contributed by atoms with Gasteiger partial charge >= 0.3 is 0 Å². The Bertz CT molecular complexity index is 65.0. The molecule has 0 fully saturated rings. The highest BCUT2D eigenvalue weighted by Crippen LogP contribution is 1.90. The first-order valence-electron chi connectivity index (χ1n) is 2.17. The standard InChI is InChI=1S/C5H9OP/c1-2-3-4-5-6-7/h1H,3-5,7H2. The summed E-state index contributed by atoms with van der Waals surface area (Å²) in [7, 11) is 2.18. The third kappa shape index (κ3) is 5.95. The number of unbranched alkanes of at least 4 members (excludes halogenated alkanes) is 1. The van der Waals surface area contributed by atoms with Crippen LogP contribution in [0.4, 0.5) is 0 Å². The highest BCUT2D eigenvalue weighted by atomic mass is 31.0. The van der Waals surface area contributed by atoms with Crippen LogP contribution in [0.2, 0.25) is 0 Å². The topological polar surface area (TPSA) is 9.23 Å². The van der Waals surface area contributed by atoms with E-state index in [1.165, 1.54) is 0 Å². The molecule has 0 bridgehead atoms. The van der Waals surface area contributed by atoms with E-state index in [0.717, 1.165) is 19.4 Å². The zero-order valence-corrected chi connectivity index (χ0v) is 5.34. The molecule has 7 heavy (non-hydrogen) atoms. The molecule has 0 radical (unpaired) electrons. The minimum absolute atomic E-state index is 0.745. The minimum Gasteiger partial charge on any atom is -0.366 e. The van der Waals surface area contributed by atoms with Crippen LogP contribution >= 0.6 is 9.47 Å². The summed E-state index contributed by atoms with van der Waals surface area (Å²) >= 11 is 0. The van der Waals surface area contributed by atoms with Crippen molar-refractivity contribution in [3.05, 3.63) is 0 Å². The van der Waals surface area contributed by atoms with Crippen molar-refractivity contribution in [3.8, 4) is 12.3 Å². The molecule has 0 saturated heterocycles. The summed E-state index contributed by atoms with van der Waals surface area (Å²) in [6.07, 6.45) is 6.73. The van der Waals surface area contributed by atoms with E-state index in [0.29, 0.717) is 0 Å². The fourth-order valence-corrected chi connectivity index (χ4v) is 0.424. The van der Waals surface area contributed by atoms with Gasteiger partial charge in [-0.2, -0.15) is 0 Å². The van der Waals surface area contributed by atoms with Crippen LogP contribution in [-0.2, 0) is 4.52 Å². The second-order valence-electron chi connectivity index (χ2n) is 1.18. The predicted octanol–water partition coefficient (Wildman–Crippen LogP) is 1.21. The summed E-state index contributed by atoms with van der Waals surface area (Å²) in [5, 5.41) is 0. The van der Waals surface area contributed by atoms with Gasteiger partial charge in [0, 0.05) is 15.9 Å². The van der Waals surface area contributed by atoms with Crippen molar-refractivity contribution >= 4 is 9.47 Å². The Morgan fingerprint density at radius 1 is 1.71 bits per heavy atom. The average Bonchev–Trinajstić information content (AvgIpc) is 1.69. The second-order valence-corrected chi connectivity index (χ2v) is 1.51. The molecule has 0 aromatic rings. The molecule has 0 N–H and O–H groups in total. The molecule has 1 nitrogen and oxygen atoms in total. The number of hydrogen-bond acceptors (Lipinski definition) is 1. The molecule has 0 aliphatic heterocycles. The first kappa shape index (κ1) is 6.95. The number of terminal acetylenes is 1. The lowest BCUT2D eigenvalue weighted by atomic mass is 10.3. The molecule has 2 heteroatoms. The van der Waals surface area contributed by atoms with Crippen LogP contribution in [0.3, 0.4) is 0 Å². The zero-order valence-electron chi connectivity index (χ0n) is 4.18. The van der Waals surface area contributed by atoms with Crippen LogP contribution in [0, 0.1) is 12.3 Å². The molecular formula is C5H9OP. The molecule has 0 rings (SSSR count). The van der Waals surface area contributed by atoms with Crippen LogP contribution in [-0.4, -0.2) is 6.61 Å². The quantitative estimate of drug-likeness (QED) is 0.306. The van der Waals surface area contributed by atoms with Gasteiger partial charge in [0.05, 0.1) is 6.61 Å². The second kappa shape index (κ2) is 5.95. The molecule has 0 heterocycles. The van der Waals surface area contributed by atoms with Gasteiger partial charge in [0.1, 0.15) is 0 Å². The van der Waals surface area contributed by atoms with Gasteiger partial charge in [0.25, 0.3) is 0 Å². The van der Waals surface area contributed by atoms with Gasteiger partial charge in [-0.15, -0.1) is 12.3 Å². The molecule has 0 saturated carbocycles. The molecule has 0 aromatic heterocycles. The van der Waals surface area contributed by atoms with E-state index in [1.807, 2.05) is 0 Å². The lowest BCUT2D eigenvalue weighted by Crippen LogP contribution is -1.79. The largest absolute Gasteiger partial charge is 0.366 e. The van der Waals surface area contributed by atoms with E-state index >= 15 is 0 Å². The van der Waals surface area contributed by atoms with Crippen LogP contribution in [0.25, 0.3) is 0 Å². The third-order valence-corrected chi connectivity index (χ3v) is 0.819. The van der Waals surface area contributed by atoms with Crippen LogP contribution in [0.1, 0.15) is 12.8 Å². The molecule has 1 unspecified atom stereocenters. The number of rotatable bonds is 3. The molecule has 0 aliphatic carbocycles. The van der Waals surface area contributed by atoms with Gasteiger partial charge in [-0.25, -0.2) is 0 Å². The highest BCUT2D eigenvalue weighted by Gasteiger charge is 1.77. The maximum absolute atomic E-state index is 4.96. The lowest BCUT2D eigenvalue weighted by Gasteiger charge is -1.89. The number of hydrogen-bond donors (Lipinski definition) is 0. The van der Waals surface area contributed by atoms with Crippen LogP contribution in [0.15, 0.2) is 0 Å². The summed E-state index contributed by atoms with van der Waals surface area (Å²) in [5.41, 5.74) is 0. The van der Waals surface area contributed by atoms with Crippen molar-refractivity contribution in [2.75, 3.05) is 6.61 Å². The molecule has 40 valence electrons. The van der Waals surface area contributed by atoms with E-state index in [2.05, 4.69) is 19.9 Å². The minimum atomic E-state index is 0.745. The monoisotopic (exact) mass is 116 g/mol. The highest BCUT2D eigenvalue weighted by molar-refractivity contribution is 7.09.